The summed E-state index contributed by atoms with van der Waals surface area (Å²) in [7, 11) is 0. The Kier molecular flexibility index (Phi) is 2.76. The van der Waals surface area contributed by atoms with Gasteiger partial charge in [-0.25, -0.2) is 0 Å². The highest BCUT2D eigenvalue weighted by atomic mass is 16.4. The van der Waals surface area contributed by atoms with Gasteiger partial charge in [-0.05, 0) is 24.2 Å². The van der Waals surface area contributed by atoms with Crippen molar-refractivity contribution < 1.29 is 9.90 Å². The van der Waals surface area contributed by atoms with Gasteiger partial charge in [0.2, 0.25) is 0 Å². The van der Waals surface area contributed by atoms with Gasteiger partial charge >= 0.3 is 5.97 Å². The molecule has 1 aliphatic rings. The monoisotopic (exact) mass is 170 g/mol. The summed E-state index contributed by atoms with van der Waals surface area (Å²) in [5.41, 5.74) is 0. The molecule has 0 aromatic heterocycles. The lowest BCUT2D eigenvalue weighted by molar-refractivity contribution is -0.148. The molecule has 1 saturated carbocycles. The maximum atomic E-state index is 10.9. The number of carbonyl (C=O) groups is 1. The lowest BCUT2D eigenvalue weighted by Crippen LogP contribution is -2.35. The Hall–Kier alpha value is -0.530. The van der Waals surface area contributed by atoms with E-state index in [1.165, 1.54) is 6.42 Å². The zero-order valence-corrected chi connectivity index (χ0v) is 8.08. The molecule has 0 heterocycles. The summed E-state index contributed by atoms with van der Waals surface area (Å²) >= 11 is 0. The molecule has 1 rings (SSSR count). The fourth-order valence-corrected chi connectivity index (χ4v) is 2.31. The molecule has 2 heteroatoms. The van der Waals surface area contributed by atoms with E-state index in [0.717, 1.165) is 6.42 Å². The van der Waals surface area contributed by atoms with Crippen LogP contribution in [0.3, 0.4) is 0 Å². The molecule has 0 amide bonds. The van der Waals surface area contributed by atoms with Crippen molar-refractivity contribution in [1.82, 2.24) is 0 Å². The van der Waals surface area contributed by atoms with Crippen LogP contribution in [-0.4, -0.2) is 11.1 Å². The molecule has 1 aliphatic carbocycles. The van der Waals surface area contributed by atoms with Gasteiger partial charge in [0.25, 0.3) is 0 Å². The predicted octanol–water partition coefficient (Wildman–Crippen LogP) is 2.39. The van der Waals surface area contributed by atoms with Crippen LogP contribution in [0, 0.1) is 23.7 Å². The van der Waals surface area contributed by atoms with Crippen molar-refractivity contribution in [2.24, 2.45) is 23.7 Å². The van der Waals surface area contributed by atoms with E-state index in [1.807, 2.05) is 0 Å². The van der Waals surface area contributed by atoms with Crippen molar-refractivity contribution in [3.05, 3.63) is 0 Å². The maximum Gasteiger partial charge on any atom is 0.307 e. The van der Waals surface area contributed by atoms with Crippen LogP contribution in [0.4, 0.5) is 0 Å². The molecule has 12 heavy (non-hydrogen) atoms. The largest absolute Gasteiger partial charge is 0.481 e. The van der Waals surface area contributed by atoms with Crippen molar-refractivity contribution >= 4 is 5.97 Å². The molecular weight excluding hydrogens is 152 g/mol. The Morgan fingerprint density at radius 3 is 2.08 bits per heavy atom. The predicted molar refractivity (Wildman–Crippen MR) is 47.9 cm³/mol. The van der Waals surface area contributed by atoms with E-state index >= 15 is 0 Å². The molecule has 4 atom stereocenters. The molecule has 4 unspecified atom stereocenters. The zero-order valence-electron chi connectivity index (χ0n) is 8.08. The number of carboxylic acid groups (broad SMARTS) is 1. The minimum atomic E-state index is -0.610. The Morgan fingerprint density at radius 2 is 1.67 bits per heavy atom. The van der Waals surface area contributed by atoms with Gasteiger partial charge in [-0.1, -0.05) is 27.2 Å². The number of rotatable bonds is 1. The van der Waals surface area contributed by atoms with E-state index in [1.54, 1.807) is 0 Å². The van der Waals surface area contributed by atoms with Crippen LogP contribution in [-0.2, 0) is 4.79 Å². The minimum absolute atomic E-state index is 0.117. The van der Waals surface area contributed by atoms with E-state index in [9.17, 15) is 4.79 Å². The third-order valence-corrected chi connectivity index (χ3v) is 3.44. The van der Waals surface area contributed by atoms with Crippen LogP contribution in [0.2, 0.25) is 0 Å². The zero-order chi connectivity index (χ0) is 9.30. The lowest BCUT2D eigenvalue weighted by atomic mass is 9.68. The highest BCUT2D eigenvalue weighted by Gasteiger charge is 2.36. The number of hydrogen-bond donors (Lipinski definition) is 1. The Bertz CT molecular complexity index is 177. The summed E-state index contributed by atoms with van der Waals surface area (Å²) in [4.78, 5) is 10.9. The van der Waals surface area contributed by atoms with Crippen molar-refractivity contribution in [1.29, 1.82) is 0 Å². The molecule has 0 saturated heterocycles. The van der Waals surface area contributed by atoms with Gasteiger partial charge in [0, 0.05) is 0 Å². The van der Waals surface area contributed by atoms with Gasteiger partial charge in [-0.3, -0.25) is 4.79 Å². The van der Waals surface area contributed by atoms with Gasteiger partial charge in [-0.2, -0.15) is 0 Å². The van der Waals surface area contributed by atoms with Crippen LogP contribution in [0.5, 0.6) is 0 Å². The first kappa shape index (κ1) is 9.56. The average molecular weight is 170 g/mol. The summed E-state index contributed by atoms with van der Waals surface area (Å²) in [5, 5.41) is 9.00. The first-order chi connectivity index (χ1) is 5.54. The molecule has 0 bridgehead atoms. The van der Waals surface area contributed by atoms with Gasteiger partial charge in [-0.15, -0.1) is 0 Å². The van der Waals surface area contributed by atoms with E-state index in [-0.39, 0.29) is 5.92 Å². The number of aliphatic carboxylic acids is 1. The van der Waals surface area contributed by atoms with E-state index < -0.39 is 5.97 Å². The smallest absolute Gasteiger partial charge is 0.307 e. The fourth-order valence-electron chi connectivity index (χ4n) is 2.31. The van der Waals surface area contributed by atoms with Gasteiger partial charge in [0.1, 0.15) is 0 Å². The van der Waals surface area contributed by atoms with Crippen molar-refractivity contribution in [3.63, 3.8) is 0 Å². The molecule has 0 radical (unpaired) electrons. The van der Waals surface area contributed by atoms with Gasteiger partial charge in [0.15, 0.2) is 0 Å². The Balaban J connectivity index is 2.71. The molecule has 1 fully saturated rings. The van der Waals surface area contributed by atoms with Gasteiger partial charge < -0.3 is 5.11 Å². The highest BCUT2D eigenvalue weighted by molar-refractivity contribution is 5.70. The topological polar surface area (TPSA) is 37.3 Å². The standard InChI is InChI=1S/C10H18O2/c1-6-4-5-7(2)9(8(6)3)10(11)12/h6-9H,4-5H2,1-3H3,(H,11,12). The third kappa shape index (κ3) is 1.62. The van der Waals surface area contributed by atoms with E-state index in [2.05, 4.69) is 20.8 Å². The number of carboxylic acids is 1. The van der Waals surface area contributed by atoms with Crippen LogP contribution in [0.15, 0.2) is 0 Å². The Labute approximate surface area is 74.0 Å². The van der Waals surface area contributed by atoms with Crippen LogP contribution in [0.1, 0.15) is 33.6 Å². The van der Waals surface area contributed by atoms with E-state index in [0.29, 0.717) is 17.8 Å². The van der Waals surface area contributed by atoms with E-state index in [4.69, 9.17) is 5.11 Å². The second kappa shape index (κ2) is 3.46. The maximum absolute atomic E-state index is 10.9. The number of hydrogen-bond acceptors (Lipinski definition) is 1. The molecule has 0 aromatic rings. The van der Waals surface area contributed by atoms with Crippen LogP contribution >= 0.6 is 0 Å². The molecule has 0 aliphatic heterocycles. The fraction of sp³-hybridized carbons (Fsp3) is 0.900. The molecular formula is C10H18O2. The molecule has 2 nitrogen and oxygen atoms in total. The summed E-state index contributed by atoms with van der Waals surface area (Å²) in [6.45, 7) is 6.28. The molecule has 1 N–H and O–H groups in total. The molecule has 70 valence electrons. The van der Waals surface area contributed by atoms with Crippen molar-refractivity contribution in [2.45, 2.75) is 33.6 Å². The van der Waals surface area contributed by atoms with Crippen molar-refractivity contribution in [2.75, 3.05) is 0 Å². The normalized spacial score (nSPS) is 42.6. The summed E-state index contributed by atoms with van der Waals surface area (Å²) in [5.74, 6) is 0.539. The second-order valence-electron chi connectivity index (χ2n) is 4.26. The first-order valence-corrected chi connectivity index (χ1v) is 4.76. The molecule has 0 spiro atoms. The third-order valence-electron chi connectivity index (χ3n) is 3.44. The minimum Gasteiger partial charge on any atom is -0.481 e. The lowest BCUT2D eigenvalue weighted by Gasteiger charge is -2.36. The second-order valence-corrected chi connectivity index (χ2v) is 4.26. The van der Waals surface area contributed by atoms with Crippen LogP contribution < -0.4 is 0 Å². The quantitative estimate of drug-likeness (QED) is 0.656. The van der Waals surface area contributed by atoms with Crippen molar-refractivity contribution in [3.8, 4) is 0 Å². The summed E-state index contributed by atoms with van der Waals surface area (Å²) in [6, 6.07) is 0. The molecule has 0 aromatic carbocycles. The average Bonchev–Trinajstić information content (AvgIpc) is 1.97. The summed E-state index contributed by atoms with van der Waals surface area (Å²) < 4.78 is 0. The first-order valence-electron chi connectivity index (χ1n) is 4.76. The van der Waals surface area contributed by atoms with Gasteiger partial charge in [0.05, 0.1) is 5.92 Å². The Morgan fingerprint density at radius 1 is 1.17 bits per heavy atom. The highest BCUT2D eigenvalue weighted by Crippen LogP contribution is 2.38. The SMILES string of the molecule is CC1CCC(C)C(C(=O)O)C1C. The summed E-state index contributed by atoms with van der Waals surface area (Å²) in [6.07, 6.45) is 2.26. The van der Waals surface area contributed by atoms with Crippen LogP contribution in [0.25, 0.3) is 0 Å².